The van der Waals surface area contributed by atoms with E-state index in [1.165, 1.54) is 67.3 Å². The Labute approximate surface area is 234 Å². The van der Waals surface area contributed by atoms with Gasteiger partial charge in [0.25, 0.3) is 5.65 Å². The fourth-order valence-corrected chi connectivity index (χ4v) is 7.66. The van der Waals surface area contributed by atoms with Crippen molar-refractivity contribution in [2.75, 3.05) is 0 Å². The maximum atomic E-state index is 2.67. The van der Waals surface area contributed by atoms with E-state index in [9.17, 15) is 0 Å². The summed E-state index contributed by atoms with van der Waals surface area (Å²) < 4.78 is 5.27. The summed E-state index contributed by atoms with van der Waals surface area (Å²) in [5, 5.41) is 4.20. The number of fused-ring (bicyclic) bond motifs is 3. The lowest BCUT2D eigenvalue weighted by molar-refractivity contribution is -0.750. The van der Waals surface area contributed by atoms with E-state index in [0.29, 0.717) is 0 Å². The van der Waals surface area contributed by atoms with Gasteiger partial charge in [-0.3, -0.25) is 0 Å². The number of aromatic nitrogens is 2. The lowest BCUT2D eigenvalue weighted by atomic mass is 9.62. The topological polar surface area (TPSA) is 8.29 Å². The van der Waals surface area contributed by atoms with Gasteiger partial charge in [0.15, 0.2) is 5.69 Å². The third kappa shape index (κ3) is 3.43. The maximum Gasteiger partial charge on any atom is 0.296 e. The van der Waals surface area contributed by atoms with Crippen molar-refractivity contribution >= 4 is 27.3 Å². The Bertz CT molecular complexity index is 1750. The van der Waals surface area contributed by atoms with Gasteiger partial charge in [-0.05, 0) is 79.8 Å². The van der Waals surface area contributed by atoms with Crippen LogP contribution in [0.4, 0.5) is 0 Å². The molecular formula is C37H45N2+. The van der Waals surface area contributed by atoms with Gasteiger partial charge >= 0.3 is 0 Å². The highest BCUT2D eigenvalue weighted by molar-refractivity contribution is 6.13. The van der Waals surface area contributed by atoms with E-state index >= 15 is 0 Å². The second-order valence-corrected chi connectivity index (χ2v) is 13.4. The molecule has 1 aliphatic heterocycles. The van der Waals surface area contributed by atoms with Crippen LogP contribution in [0.1, 0.15) is 90.0 Å². The first-order valence-corrected chi connectivity index (χ1v) is 15.0. The first-order chi connectivity index (χ1) is 18.5. The van der Waals surface area contributed by atoms with Gasteiger partial charge < -0.3 is 0 Å². The summed E-state index contributed by atoms with van der Waals surface area (Å²) >= 11 is 0. The second kappa shape index (κ2) is 8.68. The smallest absolute Gasteiger partial charge is 0.223 e. The predicted molar refractivity (Wildman–Crippen MR) is 167 cm³/mol. The summed E-state index contributed by atoms with van der Waals surface area (Å²) in [4.78, 5) is 0. The summed E-state index contributed by atoms with van der Waals surface area (Å²) in [6.07, 6.45) is 6.93. The number of aryl methyl sites for hydroxylation is 2. The minimum Gasteiger partial charge on any atom is -0.223 e. The predicted octanol–water partition coefficient (Wildman–Crippen LogP) is 9.60. The van der Waals surface area contributed by atoms with Crippen molar-refractivity contribution in [3.8, 4) is 11.3 Å². The monoisotopic (exact) mass is 517 g/mol. The molecule has 0 amide bonds. The summed E-state index contributed by atoms with van der Waals surface area (Å²) in [5.41, 5.74) is 11.2. The molecule has 2 heteroatoms. The van der Waals surface area contributed by atoms with Gasteiger partial charge in [0.05, 0.1) is 5.39 Å². The third-order valence-electron chi connectivity index (χ3n) is 10.9. The van der Waals surface area contributed by atoms with Crippen LogP contribution in [0.25, 0.3) is 38.6 Å². The molecule has 0 saturated carbocycles. The number of nitrogens with zero attached hydrogens (tertiary/aromatic N) is 2. The van der Waals surface area contributed by atoms with Crippen molar-refractivity contribution in [3.63, 3.8) is 0 Å². The van der Waals surface area contributed by atoms with E-state index in [1.807, 2.05) is 0 Å². The molecule has 2 unspecified atom stereocenters. The number of imidazole rings is 1. The minimum absolute atomic E-state index is 0.0221. The fraction of sp³-hybridized carbons (Fsp3) is 0.432. The van der Waals surface area contributed by atoms with E-state index < -0.39 is 0 Å². The Morgan fingerprint density at radius 3 is 2.18 bits per heavy atom. The number of hydrogen-bond donors (Lipinski definition) is 0. The van der Waals surface area contributed by atoms with E-state index in [-0.39, 0.29) is 16.4 Å². The average Bonchev–Trinajstić information content (AvgIpc) is 3.32. The van der Waals surface area contributed by atoms with Crippen molar-refractivity contribution in [3.05, 3.63) is 83.0 Å². The molecule has 0 N–H and O–H groups in total. The van der Waals surface area contributed by atoms with E-state index in [2.05, 4.69) is 132 Å². The van der Waals surface area contributed by atoms with Gasteiger partial charge in [0.1, 0.15) is 17.3 Å². The van der Waals surface area contributed by atoms with Gasteiger partial charge in [0, 0.05) is 21.8 Å². The van der Waals surface area contributed by atoms with Crippen LogP contribution in [0.3, 0.4) is 0 Å². The Kier molecular flexibility index (Phi) is 5.81. The van der Waals surface area contributed by atoms with Crippen molar-refractivity contribution in [1.29, 1.82) is 0 Å². The quantitative estimate of drug-likeness (QED) is 0.156. The second-order valence-electron chi connectivity index (χ2n) is 13.4. The molecule has 6 rings (SSSR count). The van der Waals surface area contributed by atoms with E-state index in [1.54, 1.807) is 0 Å². The SMILES string of the molecule is CCC(C)(C)Cc1ccc2c(c1)c1cccc3c1c1n2c(-c2c(C)cccc2C)c[n+]1C(C)(CC)C3(C)CC. The van der Waals surface area contributed by atoms with Gasteiger partial charge in [-0.15, -0.1) is 0 Å². The van der Waals surface area contributed by atoms with Crippen LogP contribution in [0.15, 0.2) is 60.8 Å². The first-order valence-electron chi connectivity index (χ1n) is 15.0. The molecule has 0 fully saturated rings. The van der Waals surface area contributed by atoms with Crippen LogP contribution in [0.5, 0.6) is 0 Å². The van der Waals surface area contributed by atoms with Crippen LogP contribution in [-0.4, -0.2) is 4.40 Å². The molecule has 0 bridgehead atoms. The molecular weight excluding hydrogens is 472 g/mol. The zero-order chi connectivity index (χ0) is 27.9. The Hall–Kier alpha value is -3.13. The molecule has 0 radical (unpaired) electrons. The third-order valence-corrected chi connectivity index (χ3v) is 10.9. The molecule has 1 aliphatic rings. The molecule has 2 nitrogen and oxygen atoms in total. The molecule has 3 heterocycles. The Morgan fingerprint density at radius 1 is 0.846 bits per heavy atom. The van der Waals surface area contributed by atoms with Gasteiger partial charge in [-0.25, -0.2) is 4.57 Å². The molecule has 5 aromatic rings. The average molecular weight is 518 g/mol. The van der Waals surface area contributed by atoms with Crippen LogP contribution in [0.2, 0.25) is 0 Å². The van der Waals surface area contributed by atoms with Crippen LogP contribution >= 0.6 is 0 Å². The summed E-state index contributed by atoms with van der Waals surface area (Å²) in [5.74, 6) is 0. The molecule has 0 saturated heterocycles. The normalized spacial score (nSPS) is 21.1. The van der Waals surface area contributed by atoms with Crippen molar-refractivity contribution < 1.29 is 4.57 Å². The van der Waals surface area contributed by atoms with Crippen LogP contribution < -0.4 is 4.57 Å². The molecule has 3 aromatic carbocycles. The Balaban J connectivity index is 1.86. The van der Waals surface area contributed by atoms with Crippen LogP contribution in [-0.2, 0) is 17.4 Å². The molecule has 202 valence electrons. The number of rotatable bonds is 6. The number of pyridine rings is 1. The summed E-state index contributed by atoms with van der Waals surface area (Å²) in [6.45, 7) is 21.4. The molecule has 39 heavy (non-hydrogen) atoms. The number of hydrogen-bond acceptors (Lipinski definition) is 0. The van der Waals surface area contributed by atoms with E-state index in [0.717, 1.165) is 19.3 Å². The number of benzene rings is 3. The standard InChI is InChI=1S/C37H45N2/c1-10-35(6,7)22-26-19-20-30-28(21-26)27-17-14-18-29-33(27)34-38(37(9,12-3)36(29,8)11-2)23-31(39(30)34)32-24(4)15-13-16-25(32)5/h13-21,23H,10-12,22H2,1-9H3/q+1. The van der Waals surface area contributed by atoms with Gasteiger partial charge in [-0.1, -0.05) is 90.4 Å². The lowest BCUT2D eigenvalue weighted by Gasteiger charge is -2.46. The van der Waals surface area contributed by atoms with Crippen molar-refractivity contribution in [2.24, 2.45) is 5.41 Å². The molecule has 0 aliphatic carbocycles. The minimum atomic E-state index is -0.0398. The lowest BCUT2D eigenvalue weighted by Crippen LogP contribution is -2.65. The highest BCUT2D eigenvalue weighted by atomic mass is 15.2. The fourth-order valence-electron chi connectivity index (χ4n) is 7.66. The van der Waals surface area contributed by atoms with E-state index in [4.69, 9.17) is 0 Å². The highest BCUT2D eigenvalue weighted by Crippen LogP contribution is 2.51. The molecule has 2 aromatic heterocycles. The highest BCUT2D eigenvalue weighted by Gasteiger charge is 2.54. The van der Waals surface area contributed by atoms with Gasteiger partial charge in [0.2, 0.25) is 0 Å². The van der Waals surface area contributed by atoms with Gasteiger partial charge in [-0.2, -0.15) is 4.40 Å². The van der Waals surface area contributed by atoms with Crippen molar-refractivity contribution in [1.82, 2.24) is 4.40 Å². The summed E-state index contributed by atoms with van der Waals surface area (Å²) in [7, 11) is 0. The summed E-state index contributed by atoms with van der Waals surface area (Å²) in [6, 6.07) is 21.1. The van der Waals surface area contributed by atoms with Crippen LogP contribution in [0, 0.1) is 19.3 Å². The molecule has 0 spiro atoms. The first kappa shape index (κ1) is 26.1. The molecule has 2 atom stereocenters. The largest absolute Gasteiger partial charge is 0.296 e. The Morgan fingerprint density at radius 2 is 1.54 bits per heavy atom. The maximum absolute atomic E-state index is 2.67. The zero-order valence-electron chi connectivity index (χ0n) is 25.5. The van der Waals surface area contributed by atoms with Crippen molar-refractivity contribution in [2.45, 2.75) is 99.0 Å². The zero-order valence-corrected chi connectivity index (χ0v) is 25.5.